The van der Waals surface area contributed by atoms with E-state index in [2.05, 4.69) is 10.2 Å². The van der Waals surface area contributed by atoms with E-state index in [1.54, 1.807) is 7.05 Å². The van der Waals surface area contributed by atoms with E-state index in [-0.39, 0.29) is 18.3 Å². The Hall–Kier alpha value is -2.64. The second-order valence-electron chi connectivity index (χ2n) is 5.67. The van der Waals surface area contributed by atoms with Gasteiger partial charge in [-0.2, -0.15) is 0 Å². The lowest BCUT2D eigenvalue weighted by molar-refractivity contribution is -0.127. The Bertz CT molecular complexity index is 852. The molecule has 0 aliphatic carbocycles. The first-order chi connectivity index (χ1) is 12.7. The van der Waals surface area contributed by atoms with Gasteiger partial charge < -0.3 is 10.0 Å². The predicted molar refractivity (Wildman–Crippen MR) is 102 cm³/mol. The van der Waals surface area contributed by atoms with Crippen LogP contribution in [0.25, 0.3) is 17.1 Å². The van der Waals surface area contributed by atoms with Crippen LogP contribution in [0, 0.1) is 0 Å². The normalized spacial score (nSPS) is 10.7. The first kappa shape index (κ1) is 18.2. The van der Waals surface area contributed by atoms with Crippen molar-refractivity contribution in [2.24, 2.45) is 0 Å². The van der Waals surface area contributed by atoms with Gasteiger partial charge in [0.1, 0.15) is 0 Å². The number of rotatable bonds is 7. The molecule has 0 radical (unpaired) electrons. The molecule has 1 aromatic heterocycles. The minimum absolute atomic E-state index is 0.0503. The highest BCUT2D eigenvalue weighted by atomic mass is 32.2. The second-order valence-corrected chi connectivity index (χ2v) is 6.61. The fourth-order valence-electron chi connectivity index (χ4n) is 2.46. The van der Waals surface area contributed by atoms with Crippen molar-refractivity contribution in [2.45, 2.75) is 5.16 Å². The minimum atomic E-state index is -0.0621. The summed E-state index contributed by atoms with van der Waals surface area (Å²) in [6.45, 7) is 0.269. The third-order valence-corrected chi connectivity index (χ3v) is 4.78. The van der Waals surface area contributed by atoms with Crippen molar-refractivity contribution in [3.8, 4) is 17.1 Å². The van der Waals surface area contributed by atoms with Crippen LogP contribution in [0.4, 0.5) is 0 Å². The van der Waals surface area contributed by atoms with Crippen LogP contribution >= 0.6 is 11.8 Å². The lowest BCUT2D eigenvalue weighted by Crippen LogP contribution is -2.30. The van der Waals surface area contributed by atoms with E-state index in [1.165, 1.54) is 16.7 Å². The van der Waals surface area contributed by atoms with E-state index in [9.17, 15) is 4.79 Å². The largest absolute Gasteiger partial charge is 0.395 e. The van der Waals surface area contributed by atoms with E-state index in [4.69, 9.17) is 5.11 Å². The van der Waals surface area contributed by atoms with Gasteiger partial charge >= 0.3 is 0 Å². The maximum atomic E-state index is 12.2. The van der Waals surface area contributed by atoms with Gasteiger partial charge in [0.25, 0.3) is 0 Å². The third-order valence-electron chi connectivity index (χ3n) is 3.87. The van der Waals surface area contributed by atoms with E-state index in [0.29, 0.717) is 11.7 Å². The van der Waals surface area contributed by atoms with Gasteiger partial charge in [0.15, 0.2) is 11.0 Å². The molecule has 7 heteroatoms. The first-order valence-corrected chi connectivity index (χ1v) is 9.23. The molecule has 0 aliphatic rings. The highest BCUT2D eigenvalue weighted by molar-refractivity contribution is 7.99. The molecule has 0 saturated carbocycles. The SMILES string of the molecule is CN(CCO)C(=O)CSc1nnc(-c2ccccc2)n1-c1ccccc1. The van der Waals surface area contributed by atoms with Gasteiger partial charge in [-0.3, -0.25) is 9.36 Å². The van der Waals surface area contributed by atoms with Gasteiger partial charge in [-0.25, -0.2) is 0 Å². The molecule has 1 heterocycles. The topological polar surface area (TPSA) is 71.2 Å². The summed E-state index contributed by atoms with van der Waals surface area (Å²) >= 11 is 1.34. The number of para-hydroxylation sites is 1. The number of hydrogen-bond acceptors (Lipinski definition) is 5. The van der Waals surface area contributed by atoms with E-state index >= 15 is 0 Å². The maximum absolute atomic E-state index is 12.2. The Labute approximate surface area is 156 Å². The molecule has 3 rings (SSSR count). The van der Waals surface area contributed by atoms with E-state index in [1.807, 2.05) is 65.2 Å². The molecule has 134 valence electrons. The highest BCUT2D eigenvalue weighted by Gasteiger charge is 2.18. The average Bonchev–Trinajstić information content (AvgIpc) is 3.11. The zero-order valence-corrected chi connectivity index (χ0v) is 15.3. The number of nitrogens with zero attached hydrogens (tertiary/aromatic N) is 4. The molecule has 6 nitrogen and oxygen atoms in total. The van der Waals surface area contributed by atoms with Crippen molar-refractivity contribution in [2.75, 3.05) is 26.0 Å². The maximum Gasteiger partial charge on any atom is 0.232 e. The fourth-order valence-corrected chi connectivity index (χ4v) is 3.35. The van der Waals surface area contributed by atoms with Crippen LogP contribution in [-0.2, 0) is 4.79 Å². The second kappa shape index (κ2) is 8.64. The summed E-state index contributed by atoms with van der Waals surface area (Å²) in [5, 5.41) is 18.3. The monoisotopic (exact) mass is 368 g/mol. The number of carbonyl (C=O) groups is 1. The molecule has 0 unspecified atom stereocenters. The molecular formula is C19H20N4O2S. The number of hydrogen-bond donors (Lipinski definition) is 1. The van der Waals surface area contributed by atoms with Crippen LogP contribution in [0.3, 0.4) is 0 Å². The predicted octanol–water partition coefficient (Wildman–Crippen LogP) is 2.48. The molecule has 0 saturated heterocycles. The lowest BCUT2D eigenvalue weighted by atomic mass is 10.2. The van der Waals surface area contributed by atoms with Gasteiger partial charge in [0, 0.05) is 24.8 Å². The molecular weight excluding hydrogens is 348 g/mol. The number of carbonyl (C=O) groups excluding carboxylic acids is 1. The molecule has 0 bridgehead atoms. The molecule has 26 heavy (non-hydrogen) atoms. The molecule has 3 aromatic rings. The number of amides is 1. The number of aliphatic hydroxyl groups is 1. The molecule has 0 atom stereocenters. The van der Waals surface area contributed by atoms with Crippen LogP contribution < -0.4 is 0 Å². The highest BCUT2D eigenvalue weighted by Crippen LogP contribution is 2.27. The van der Waals surface area contributed by atoms with Crippen molar-refractivity contribution >= 4 is 17.7 Å². The Morgan fingerprint density at radius 3 is 2.38 bits per heavy atom. The Morgan fingerprint density at radius 2 is 1.73 bits per heavy atom. The van der Waals surface area contributed by atoms with Gasteiger partial charge in [0.05, 0.1) is 12.4 Å². The average molecular weight is 368 g/mol. The summed E-state index contributed by atoms with van der Waals surface area (Å²) in [5.41, 5.74) is 1.90. The van der Waals surface area contributed by atoms with Crippen LogP contribution in [0.5, 0.6) is 0 Å². The van der Waals surface area contributed by atoms with Crippen molar-refractivity contribution < 1.29 is 9.90 Å². The fraction of sp³-hybridized carbons (Fsp3) is 0.211. The van der Waals surface area contributed by atoms with Crippen molar-refractivity contribution in [3.05, 3.63) is 60.7 Å². The summed E-state index contributed by atoms with van der Waals surface area (Å²) in [6.07, 6.45) is 0. The Balaban J connectivity index is 1.91. The van der Waals surface area contributed by atoms with Crippen LogP contribution in [0.2, 0.25) is 0 Å². The number of likely N-dealkylation sites (N-methyl/N-ethyl adjacent to an activating group) is 1. The molecule has 1 N–H and O–H groups in total. The molecule has 0 spiro atoms. The van der Waals surface area contributed by atoms with Gasteiger partial charge in [0.2, 0.25) is 5.91 Å². The minimum Gasteiger partial charge on any atom is -0.395 e. The van der Waals surface area contributed by atoms with E-state index < -0.39 is 0 Å². The van der Waals surface area contributed by atoms with Gasteiger partial charge in [-0.05, 0) is 12.1 Å². The van der Waals surface area contributed by atoms with Crippen molar-refractivity contribution in [3.63, 3.8) is 0 Å². The van der Waals surface area contributed by atoms with Crippen molar-refractivity contribution in [1.29, 1.82) is 0 Å². The number of benzene rings is 2. The van der Waals surface area contributed by atoms with Crippen LogP contribution in [0.15, 0.2) is 65.8 Å². The Kier molecular flexibility index (Phi) is 6.04. The lowest BCUT2D eigenvalue weighted by Gasteiger charge is -2.15. The molecule has 2 aromatic carbocycles. The number of aromatic nitrogens is 3. The van der Waals surface area contributed by atoms with E-state index in [0.717, 1.165) is 17.1 Å². The summed E-state index contributed by atoms with van der Waals surface area (Å²) in [7, 11) is 1.68. The number of thioether (sulfide) groups is 1. The Morgan fingerprint density at radius 1 is 1.08 bits per heavy atom. The molecule has 0 fully saturated rings. The molecule has 0 aliphatic heterocycles. The third kappa shape index (κ3) is 4.12. The van der Waals surface area contributed by atoms with Crippen LogP contribution in [-0.4, -0.2) is 56.6 Å². The standard InChI is InChI=1S/C19H20N4O2S/c1-22(12-13-24)17(25)14-26-19-21-20-18(15-8-4-2-5-9-15)23(19)16-10-6-3-7-11-16/h2-11,24H,12-14H2,1H3. The van der Waals surface area contributed by atoms with Crippen molar-refractivity contribution in [1.82, 2.24) is 19.7 Å². The first-order valence-electron chi connectivity index (χ1n) is 8.24. The summed E-state index contributed by atoms with van der Waals surface area (Å²) in [4.78, 5) is 13.7. The van der Waals surface area contributed by atoms with Gasteiger partial charge in [-0.15, -0.1) is 10.2 Å². The summed E-state index contributed by atoms with van der Waals surface area (Å²) in [6, 6.07) is 19.7. The van der Waals surface area contributed by atoms with Crippen LogP contribution in [0.1, 0.15) is 0 Å². The smallest absolute Gasteiger partial charge is 0.232 e. The van der Waals surface area contributed by atoms with Gasteiger partial charge in [-0.1, -0.05) is 60.3 Å². The summed E-state index contributed by atoms with van der Waals surface area (Å²) < 4.78 is 1.96. The number of aliphatic hydroxyl groups excluding tert-OH is 1. The zero-order chi connectivity index (χ0) is 18.4. The quantitative estimate of drug-likeness (QED) is 0.649. The summed E-state index contributed by atoms with van der Waals surface area (Å²) in [5.74, 6) is 0.902. The zero-order valence-electron chi connectivity index (χ0n) is 14.4. The molecule has 1 amide bonds.